The second-order valence-corrected chi connectivity index (χ2v) is 6.09. The fraction of sp³-hybridized carbons (Fsp3) is 0.500. The molecule has 0 bridgehead atoms. The first-order valence-electron chi connectivity index (χ1n) is 6.14. The number of carbonyl (C=O) groups excluding carboxylic acids is 1. The quantitative estimate of drug-likeness (QED) is 0.668. The van der Waals surface area contributed by atoms with Crippen molar-refractivity contribution in [2.24, 2.45) is 0 Å². The molecular formula is C14H19Cl2NO2. The van der Waals surface area contributed by atoms with E-state index >= 15 is 0 Å². The second-order valence-electron chi connectivity index (χ2n) is 5.25. The second kappa shape index (κ2) is 7.13. The van der Waals surface area contributed by atoms with Gasteiger partial charge in [-0.1, -0.05) is 29.3 Å². The van der Waals surface area contributed by atoms with Crippen LogP contribution in [0.1, 0.15) is 26.3 Å². The molecule has 0 aliphatic rings. The average Bonchev–Trinajstić information content (AvgIpc) is 2.24. The molecule has 0 heterocycles. The van der Waals surface area contributed by atoms with Crippen LogP contribution in [0.2, 0.25) is 10.0 Å². The highest BCUT2D eigenvalue weighted by molar-refractivity contribution is 6.35. The topological polar surface area (TPSA) is 38.3 Å². The maximum absolute atomic E-state index is 11.5. The Balaban J connectivity index is 2.29. The van der Waals surface area contributed by atoms with E-state index in [1.807, 2.05) is 26.8 Å². The molecule has 0 unspecified atom stereocenters. The van der Waals surface area contributed by atoms with Crippen LogP contribution in [-0.2, 0) is 16.0 Å². The van der Waals surface area contributed by atoms with Crippen molar-refractivity contribution in [3.8, 4) is 0 Å². The van der Waals surface area contributed by atoms with Crippen LogP contribution < -0.4 is 5.32 Å². The van der Waals surface area contributed by atoms with Gasteiger partial charge < -0.3 is 10.1 Å². The average molecular weight is 304 g/mol. The summed E-state index contributed by atoms with van der Waals surface area (Å²) >= 11 is 11.9. The number of hydrogen-bond donors (Lipinski definition) is 1. The third kappa shape index (κ3) is 6.81. The minimum atomic E-state index is -0.446. The number of benzene rings is 1. The van der Waals surface area contributed by atoms with Gasteiger partial charge in [-0.15, -0.1) is 0 Å². The first kappa shape index (κ1) is 16.3. The van der Waals surface area contributed by atoms with Gasteiger partial charge in [-0.05, 0) is 51.4 Å². The Bertz CT molecular complexity index is 442. The Hall–Kier alpha value is -0.770. The molecule has 0 aliphatic carbocycles. The van der Waals surface area contributed by atoms with Crippen molar-refractivity contribution >= 4 is 29.2 Å². The molecule has 1 N–H and O–H groups in total. The molecule has 106 valence electrons. The van der Waals surface area contributed by atoms with Gasteiger partial charge in [0, 0.05) is 10.0 Å². The summed E-state index contributed by atoms with van der Waals surface area (Å²) in [5.74, 6) is -0.255. The predicted octanol–water partition coefficient (Wildman–Crippen LogP) is 3.47. The highest BCUT2D eigenvalue weighted by Gasteiger charge is 2.15. The summed E-state index contributed by atoms with van der Waals surface area (Å²) in [6, 6.07) is 5.41. The van der Waals surface area contributed by atoms with Crippen molar-refractivity contribution in [1.29, 1.82) is 0 Å². The summed E-state index contributed by atoms with van der Waals surface area (Å²) in [5.41, 5.74) is 0.556. The Kier molecular flexibility index (Phi) is 6.11. The van der Waals surface area contributed by atoms with Crippen LogP contribution in [0.5, 0.6) is 0 Å². The van der Waals surface area contributed by atoms with E-state index in [0.717, 1.165) is 12.0 Å². The van der Waals surface area contributed by atoms with Gasteiger partial charge in [0.25, 0.3) is 0 Å². The van der Waals surface area contributed by atoms with Crippen LogP contribution in [-0.4, -0.2) is 24.7 Å². The lowest BCUT2D eigenvalue weighted by atomic mass is 10.1. The van der Waals surface area contributed by atoms with Crippen molar-refractivity contribution in [3.05, 3.63) is 33.8 Å². The normalized spacial score (nSPS) is 11.4. The number of hydrogen-bond acceptors (Lipinski definition) is 3. The lowest BCUT2D eigenvalue weighted by Crippen LogP contribution is -2.32. The molecule has 0 aliphatic heterocycles. The van der Waals surface area contributed by atoms with E-state index in [-0.39, 0.29) is 12.5 Å². The summed E-state index contributed by atoms with van der Waals surface area (Å²) in [4.78, 5) is 11.5. The van der Waals surface area contributed by atoms with E-state index in [0.29, 0.717) is 16.6 Å². The largest absolute Gasteiger partial charge is 0.459 e. The van der Waals surface area contributed by atoms with Gasteiger partial charge >= 0.3 is 5.97 Å². The van der Waals surface area contributed by atoms with E-state index in [4.69, 9.17) is 27.9 Å². The molecule has 0 spiro atoms. The van der Waals surface area contributed by atoms with E-state index in [2.05, 4.69) is 5.32 Å². The fourth-order valence-electron chi connectivity index (χ4n) is 1.52. The van der Waals surface area contributed by atoms with E-state index in [1.54, 1.807) is 12.1 Å². The van der Waals surface area contributed by atoms with Crippen LogP contribution in [0.15, 0.2) is 18.2 Å². The Morgan fingerprint density at radius 1 is 1.32 bits per heavy atom. The van der Waals surface area contributed by atoms with Crippen LogP contribution >= 0.6 is 23.2 Å². The molecule has 0 amide bonds. The molecule has 3 nitrogen and oxygen atoms in total. The number of esters is 1. The maximum Gasteiger partial charge on any atom is 0.320 e. The van der Waals surface area contributed by atoms with Gasteiger partial charge in [-0.2, -0.15) is 0 Å². The minimum absolute atomic E-state index is 0.197. The fourth-order valence-corrected chi connectivity index (χ4v) is 2.02. The smallest absolute Gasteiger partial charge is 0.320 e. The number of carbonyl (C=O) groups is 1. The minimum Gasteiger partial charge on any atom is -0.459 e. The molecule has 0 atom stereocenters. The lowest BCUT2D eigenvalue weighted by Gasteiger charge is -2.19. The highest BCUT2D eigenvalue weighted by Crippen LogP contribution is 2.20. The van der Waals surface area contributed by atoms with E-state index < -0.39 is 5.60 Å². The van der Waals surface area contributed by atoms with Gasteiger partial charge in [0.1, 0.15) is 5.60 Å². The Labute approximate surface area is 124 Å². The van der Waals surface area contributed by atoms with Crippen LogP contribution in [0.3, 0.4) is 0 Å². The molecule has 1 rings (SSSR count). The SMILES string of the molecule is CC(C)(C)OC(=O)CNCCc1ccc(Cl)cc1Cl. The molecule has 5 heteroatoms. The van der Waals surface area contributed by atoms with Crippen molar-refractivity contribution < 1.29 is 9.53 Å². The first-order valence-corrected chi connectivity index (χ1v) is 6.90. The summed E-state index contributed by atoms with van der Waals surface area (Å²) in [6.07, 6.45) is 0.735. The zero-order valence-electron chi connectivity index (χ0n) is 11.4. The van der Waals surface area contributed by atoms with Gasteiger partial charge in [-0.3, -0.25) is 4.79 Å². The third-order valence-electron chi connectivity index (χ3n) is 2.28. The summed E-state index contributed by atoms with van der Waals surface area (Å²) in [5, 5.41) is 4.30. The lowest BCUT2D eigenvalue weighted by molar-refractivity contribution is -0.153. The third-order valence-corrected chi connectivity index (χ3v) is 2.86. The first-order chi connectivity index (χ1) is 8.78. The van der Waals surface area contributed by atoms with Crippen molar-refractivity contribution in [2.45, 2.75) is 32.8 Å². The number of rotatable bonds is 5. The van der Waals surface area contributed by atoms with E-state index in [1.165, 1.54) is 0 Å². The van der Waals surface area contributed by atoms with Crippen LogP contribution in [0.4, 0.5) is 0 Å². The van der Waals surface area contributed by atoms with Crippen molar-refractivity contribution in [3.63, 3.8) is 0 Å². The molecule has 19 heavy (non-hydrogen) atoms. The van der Waals surface area contributed by atoms with Gasteiger partial charge in [0.05, 0.1) is 6.54 Å². The standard InChI is InChI=1S/C14H19Cl2NO2/c1-14(2,3)19-13(18)9-17-7-6-10-4-5-11(15)8-12(10)16/h4-5,8,17H,6-7,9H2,1-3H3. The van der Waals surface area contributed by atoms with Gasteiger partial charge in [-0.25, -0.2) is 0 Å². The molecular weight excluding hydrogens is 285 g/mol. The van der Waals surface area contributed by atoms with Crippen LogP contribution in [0.25, 0.3) is 0 Å². The molecule has 1 aromatic rings. The summed E-state index contributed by atoms with van der Waals surface area (Å²) in [7, 11) is 0. The van der Waals surface area contributed by atoms with Crippen molar-refractivity contribution in [1.82, 2.24) is 5.32 Å². The molecule has 0 aromatic heterocycles. The summed E-state index contributed by atoms with van der Waals surface area (Å²) in [6.45, 7) is 6.39. The molecule has 0 saturated heterocycles. The molecule has 1 aromatic carbocycles. The maximum atomic E-state index is 11.5. The molecule has 0 saturated carbocycles. The van der Waals surface area contributed by atoms with E-state index in [9.17, 15) is 4.79 Å². The molecule has 0 radical (unpaired) electrons. The number of ether oxygens (including phenoxy) is 1. The monoisotopic (exact) mass is 303 g/mol. The number of nitrogens with one attached hydrogen (secondary N) is 1. The Morgan fingerprint density at radius 3 is 2.58 bits per heavy atom. The molecule has 0 fully saturated rings. The van der Waals surface area contributed by atoms with Crippen molar-refractivity contribution in [2.75, 3.05) is 13.1 Å². The van der Waals surface area contributed by atoms with Crippen LogP contribution in [0, 0.1) is 0 Å². The number of halogens is 2. The predicted molar refractivity (Wildman–Crippen MR) is 78.9 cm³/mol. The zero-order chi connectivity index (χ0) is 14.5. The summed E-state index contributed by atoms with van der Waals surface area (Å²) < 4.78 is 5.18. The van der Waals surface area contributed by atoms with Gasteiger partial charge in [0.2, 0.25) is 0 Å². The Morgan fingerprint density at radius 2 is 2.00 bits per heavy atom. The highest BCUT2D eigenvalue weighted by atomic mass is 35.5. The van der Waals surface area contributed by atoms with Gasteiger partial charge in [0.15, 0.2) is 0 Å². The zero-order valence-corrected chi connectivity index (χ0v) is 12.9.